The predicted molar refractivity (Wildman–Crippen MR) is 179 cm³/mol. The van der Waals surface area contributed by atoms with Crippen molar-refractivity contribution in [2.75, 3.05) is 49.4 Å². The Labute approximate surface area is 272 Å². The molecule has 0 bridgehead atoms. The highest BCUT2D eigenvalue weighted by Crippen LogP contribution is 2.28. The van der Waals surface area contributed by atoms with Crippen molar-refractivity contribution in [1.82, 2.24) is 20.0 Å². The van der Waals surface area contributed by atoms with Gasteiger partial charge in [0, 0.05) is 43.7 Å². The number of ether oxygens (including phenoxy) is 1. The van der Waals surface area contributed by atoms with Crippen LogP contribution in [0, 0.1) is 5.92 Å². The Morgan fingerprint density at radius 1 is 1.09 bits per heavy atom. The Kier molecular flexibility index (Phi) is 13.6. The zero-order valence-electron chi connectivity index (χ0n) is 26.7. The minimum Gasteiger partial charge on any atom is -0.444 e. The molecule has 2 aliphatic heterocycles. The average molecular weight is 649 g/mol. The number of carbonyl (C=O) groups excluding carboxylic acids is 3. The molecule has 9 nitrogen and oxygen atoms in total. The third-order valence-electron chi connectivity index (χ3n) is 8.66. The zero-order valence-corrected chi connectivity index (χ0v) is 28.4. The molecule has 1 aromatic rings. The molecule has 2 saturated heterocycles. The van der Waals surface area contributed by atoms with E-state index in [1.54, 1.807) is 16.7 Å². The van der Waals surface area contributed by atoms with Crippen LogP contribution in [0.25, 0.3) is 0 Å². The van der Waals surface area contributed by atoms with Gasteiger partial charge in [0.2, 0.25) is 11.8 Å². The van der Waals surface area contributed by atoms with Crippen LogP contribution < -0.4 is 5.32 Å². The number of amides is 3. The number of nitrogens with one attached hydrogen (secondary N) is 1. The number of piperidine rings is 1. The van der Waals surface area contributed by atoms with Crippen LogP contribution in [0.2, 0.25) is 0 Å². The van der Waals surface area contributed by atoms with Gasteiger partial charge in [-0.1, -0.05) is 49.6 Å². The molecular formula is C33H52N4O5S2. The topological polar surface area (TPSA) is 102 Å². The number of rotatable bonds is 12. The van der Waals surface area contributed by atoms with Gasteiger partial charge in [0.25, 0.3) is 0 Å². The first-order chi connectivity index (χ1) is 21.1. The standard InChI is InChI=1S/C33H52N4O5S2/c1-33(2,3)42-32(41)37-24-44-23-29(37)30(39)34-28(22-43-21-26-12-8-5-9-13-26)31(40)36(18-19-38)27-14-16-35(17-15-27)20-25-10-6-4-7-11-25/h4,6-7,10-11,26-29,38H,5,8-9,12-24H2,1-3H3,(H,34,39)/t28-,29-/m0/s1. The highest BCUT2D eigenvalue weighted by Gasteiger charge is 2.40. The zero-order chi connectivity index (χ0) is 31.5. The van der Waals surface area contributed by atoms with Crippen molar-refractivity contribution in [3.63, 3.8) is 0 Å². The smallest absolute Gasteiger partial charge is 0.411 e. The summed E-state index contributed by atoms with van der Waals surface area (Å²) in [6.07, 6.45) is 7.39. The molecule has 0 radical (unpaired) electrons. The van der Waals surface area contributed by atoms with Crippen LogP contribution >= 0.6 is 23.5 Å². The molecule has 44 heavy (non-hydrogen) atoms. The van der Waals surface area contributed by atoms with Gasteiger partial charge in [0.15, 0.2) is 0 Å². The molecule has 2 N–H and O–H groups in total. The Balaban J connectivity index is 1.42. The van der Waals surface area contributed by atoms with Gasteiger partial charge in [-0.15, -0.1) is 11.8 Å². The number of aliphatic hydroxyl groups excluding tert-OH is 1. The van der Waals surface area contributed by atoms with Crippen LogP contribution in [0.15, 0.2) is 30.3 Å². The monoisotopic (exact) mass is 648 g/mol. The molecular weight excluding hydrogens is 597 g/mol. The quantitative estimate of drug-likeness (QED) is 0.340. The molecule has 0 aromatic heterocycles. The van der Waals surface area contributed by atoms with E-state index in [4.69, 9.17) is 4.74 Å². The fourth-order valence-corrected chi connectivity index (χ4v) is 8.73. The molecule has 3 fully saturated rings. The molecule has 0 spiro atoms. The lowest BCUT2D eigenvalue weighted by Crippen LogP contribution is -2.58. The summed E-state index contributed by atoms with van der Waals surface area (Å²) in [6.45, 7) is 8.16. The summed E-state index contributed by atoms with van der Waals surface area (Å²) in [4.78, 5) is 46.4. The Morgan fingerprint density at radius 2 is 1.80 bits per heavy atom. The van der Waals surface area contributed by atoms with E-state index in [0.29, 0.717) is 23.3 Å². The van der Waals surface area contributed by atoms with E-state index in [1.807, 2.05) is 26.8 Å². The number of thioether (sulfide) groups is 2. The van der Waals surface area contributed by atoms with E-state index < -0.39 is 23.8 Å². The van der Waals surface area contributed by atoms with Gasteiger partial charge in [0.1, 0.15) is 17.7 Å². The van der Waals surface area contributed by atoms with Crippen LogP contribution in [0.4, 0.5) is 4.79 Å². The summed E-state index contributed by atoms with van der Waals surface area (Å²) < 4.78 is 5.56. The van der Waals surface area contributed by atoms with Gasteiger partial charge in [-0.25, -0.2) is 4.79 Å². The van der Waals surface area contributed by atoms with Crippen molar-refractivity contribution in [2.45, 2.75) is 96.0 Å². The number of aliphatic hydroxyl groups is 1. The maximum atomic E-state index is 14.2. The van der Waals surface area contributed by atoms with E-state index in [0.717, 1.165) is 38.2 Å². The number of hydrogen-bond donors (Lipinski definition) is 2. The number of likely N-dealkylation sites (tertiary alicyclic amines) is 1. The van der Waals surface area contributed by atoms with Gasteiger partial charge >= 0.3 is 6.09 Å². The summed E-state index contributed by atoms with van der Waals surface area (Å²) in [5.74, 6) is 2.47. The minimum absolute atomic E-state index is 0.00437. The lowest BCUT2D eigenvalue weighted by atomic mass is 9.91. The largest absolute Gasteiger partial charge is 0.444 e. The first-order valence-electron chi connectivity index (χ1n) is 16.3. The second-order valence-corrected chi connectivity index (χ2v) is 15.4. The van der Waals surface area contributed by atoms with Crippen LogP contribution in [0.3, 0.4) is 0 Å². The molecule has 3 amide bonds. The molecule has 246 valence electrons. The van der Waals surface area contributed by atoms with Crippen LogP contribution in [0.5, 0.6) is 0 Å². The summed E-state index contributed by atoms with van der Waals surface area (Å²) in [6, 6.07) is 9.00. The van der Waals surface area contributed by atoms with E-state index in [9.17, 15) is 19.5 Å². The van der Waals surface area contributed by atoms with Crippen LogP contribution in [-0.2, 0) is 20.9 Å². The van der Waals surface area contributed by atoms with Crippen molar-refractivity contribution in [3.05, 3.63) is 35.9 Å². The lowest BCUT2D eigenvalue weighted by molar-refractivity contribution is -0.140. The molecule has 3 aliphatic rings. The van der Waals surface area contributed by atoms with Crippen molar-refractivity contribution >= 4 is 41.4 Å². The summed E-state index contributed by atoms with van der Waals surface area (Å²) in [7, 11) is 0. The van der Waals surface area contributed by atoms with Crippen molar-refractivity contribution < 1.29 is 24.2 Å². The summed E-state index contributed by atoms with van der Waals surface area (Å²) in [5.41, 5.74) is 0.610. The van der Waals surface area contributed by atoms with Crippen LogP contribution in [-0.4, -0.2) is 111 Å². The molecule has 1 saturated carbocycles. The molecule has 1 aliphatic carbocycles. The molecule has 11 heteroatoms. The molecule has 4 rings (SSSR count). The molecule has 2 heterocycles. The Morgan fingerprint density at radius 3 is 2.45 bits per heavy atom. The fraction of sp³-hybridized carbons (Fsp3) is 0.727. The van der Waals surface area contributed by atoms with Gasteiger partial charge < -0.3 is 20.1 Å². The second kappa shape index (κ2) is 17.1. The Hall–Kier alpha value is -1.95. The third-order valence-corrected chi connectivity index (χ3v) is 10.9. The first-order valence-corrected chi connectivity index (χ1v) is 18.6. The highest BCUT2D eigenvalue weighted by molar-refractivity contribution is 7.99. The number of hydrogen-bond acceptors (Lipinski definition) is 8. The fourth-order valence-electron chi connectivity index (χ4n) is 6.32. The first kappa shape index (κ1) is 34.9. The SMILES string of the molecule is CC(C)(C)OC(=O)N1CSC[C@H]1C(=O)N[C@@H](CSCC1CCCCC1)C(=O)N(CCO)C1CCN(Cc2ccccc2)CC1. The van der Waals surface area contributed by atoms with Crippen molar-refractivity contribution in [1.29, 1.82) is 0 Å². The van der Waals surface area contributed by atoms with Gasteiger partial charge in [-0.2, -0.15) is 11.8 Å². The lowest BCUT2D eigenvalue weighted by Gasteiger charge is -2.40. The predicted octanol–water partition coefficient (Wildman–Crippen LogP) is 4.58. The Bertz CT molecular complexity index is 1060. The van der Waals surface area contributed by atoms with Gasteiger partial charge in [-0.05, 0) is 63.7 Å². The second-order valence-electron chi connectivity index (χ2n) is 13.3. The van der Waals surface area contributed by atoms with E-state index >= 15 is 0 Å². The van der Waals surface area contributed by atoms with E-state index in [-0.39, 0.29) is 31.0 Å². The van der Waals surface area contributed by atoms with Gasteiger partial charge in [-0.3, -0.25) is 19.4 Å². The van der Waals surface area contributed by atoms with Crippen molar-refractivity contribution in [3.8, 4) is 0 Å². The van der Waals surface area contributed by atoms with Gasteiger partial charge in [0.05, 0.1) is 12.5 Å². The normalized spacial score (nSPS) is 21.2. The van der Waals surface area contributed by atoms with E-state index in [1.165, 1.54) is 54.3 Å². The third kappa shape index (κ3) is 10.6. The van der Waals surface area contributed by atoms with Crippen LogP contribution in [0.1, 0.15) is 71.3 Å². The average Bonchev–Trinajstić information content (AvgIpc) is 3.51. The maximum Gasteiger partial charge on any atom is 0.411 e. The number of nitrogens with zero attached hydrogens (tertiary/aromatic N) is 3. The molecule has 0 unspecified atom stereocenters. The van der Waals surface area contributed by atoms with Crippen molar-refractivity contribution in [2.24, 2.45) is 5.92 Å². The highest BCUT2D eigenvalue weighted by atomic mass is 32.2. The number of benzene rings is 1. The molecule has 2 atom stereocenters. The summed E-state index contributed by atoms with van der Waals surface area (Å²) in [5, 5.41) is 13.0. The van der Waals surface area contributed by atoms with E-state index in [2.05, 4.69) is 34.5 Å². The summed E-state index contributed by atoms with van der Waals surface area (Å²) >= 11 is 3.24. The maximum absolute atomic E-state index is 14.2. The minimum atomic E-state index is -0.726. The number of carbonyl (C=O) groups is 3. The molecule has 1 aromatic carbocycles.